The third-order valence-corrected chi connectivity index (χ3v) is 5.03. The molecule has 0 spiro atoms. The lowest BCUT2D eigenvalue weighted by atomic mass is 10.2. The molecule has 1 aliphatic rings. The highest BCUT2D eigenvalue weighted by atomic mass is 32.2. The van der Waals surface area contributed by atoms with E-state index in [1.165, 1.54) is 6.07 Å². The molecule has 0 aliphatic carbocycles. The van der Waals surface area contributed by atoms with Gasteiger partial charge in [0.1, 0.15) is 6.10 Å². The van der Waals surface area contributed by atoms with E-state index in [1.54, 1.807) is 19.2 Å². The summed E-state index contributed by atoms with van der Waals surface area (Å²) >= 11 is 0. The number of hydrogen-bond donors (Lipinski definition) is 1. The van der Waals surface area contributed by atoms with E-state index >= 15 is 0 Å². The van der Waals surface area contributed by atoms with Gasteiger partial charge in [-0.25, -0.2) is 12.8 Å². The molecule has 0 amide bonds. The van der Waals surface area contributed by atoms with Crippen molar-refractivity contribution in [1.82, 2.24) is 5.32 Å². The Labute approximate surface area is 124 Å². The molecule has 1 aromatic rings. The molecule has 21 heavy (non-hydrogen) atoms. The third kappa shape index (κ3) is 4.94. The SMILES string of the molecule is COCCNCc1ccc(OC2CCS(=O)(=O)C2)c(F)c1. The molecule has 0 radical (unpaired) electrons. The van der Waals surface area contributed by atoms with Gasteiger partial charge in [-0.05, 0) is 24.1 Å². The second-order valence-electron chi connectivity index (χ2n) is 5.08. The molecule has 1 saturated heterocycles. The van der Waals surface area contributed by atoms with E-state index in [0.717, 1.165) is 5.56 Å². The predicted molar refractivity (Wildman–Crippen MR) is 77.7 cm³/mol. The van der Waals surface area contributed by atoms with Crippen molar-refractivity contribution in [1.29, 1.82) is 0 Å². The Morgan fingerprint density at radius 2 is 2.24 bits per heavy atom. The van der Waals surface area contributed by atoms with Crippen LogP contribution in [-0.4, -0.2) is 46.3 Å². The number of halogens is 1. The summed E-state index contributed by atoms with van der Waals surface area (Å²) in [4.78, 5) is 0. The van der Waals surface area contributed by atoms with E-state index < -0.39 is 21.8 Å². The second kappa shape index (κ2) is 7.20. The number of hydrogen-bond acceptors (Lipinski definition) is 5. The summed E-state index contributed by atoms with van der Waals surface area (Å²) in [6.45, 7) is 1.83. The summed E-state index contributed by atoms with van der Waals surface area (Å²) in [7, 11) is -1.40. The van der Waals surface area contributed by atoms with Gasteiger partial charge in [0, 0.05) is 20.2 Å². The molecule has 1 fully saturated rings. The van der Waals surface area contributed by atoms with Crippen molar-refractivity contribution in [2.24, 2.45) is 0 Å². The van der Waals surface area contributed by atoms with Gasteiger partial charge >= 0.3 is 0 Å². The van der Waals surface area contributed by atoms with Crippen molar-refractivity contribution in [3.05, 3.63) is 29.6 Å². The van der Waals surface area contributed by atoms with Crippen LogP contribution in [-0.2, 0) is 21.1 Å². The minimum absolute atomic E-state index is 0.0350. The third-order valence-electron chi connectivity index (χ3n) is 3.29. The van der Waals surface area contributed by atoms with Crippen LogP contribution >= 0.6 is 0 Å². The van der Waals surface area contributed by atoms with Crippen molar-refractivity contribution in [2.75, 3.05) is 31.8 Å². The van der Waals surface area contributed by atoms with Crippen molar-refractivity contribution in [3.8, 4) is 5.75 Å². The summed E-state index contributed by atoms with van der Waals surface area (Å²) in [5.41, 5.74) is 0.801. The fourth-order valence-corrected chi connectivity index (χ4v) is 3.78. The van der Waals surface area contributed by atoms with Crippen LogP contribution in [0, 0.1) is 5.82 Å². The van der Waals surface area contributed by atoms with Gasteiger partial charge in [-0.1, -0.05) is 6.07 Å². The maximum absolute atomic E-state index is 13.9. The maximum Gasteiger partial charge on any atom is 0.165 e. The van der Waals surface area contributed by atoms with E-state index in [2.05, 4.69) is 5.32 Å². The Morgan fingerprint density at radius 1 is 1.43 bits per heavy atom. The highest BCUT2D eigenvalue weighted by Gasteiger charge is 2.29. The van der Waals surface area contributed by atoms with Crippen LogP contribution in [0.1, 0.15) is 12.0 Å². The summed E-state index contributed by atoms with van der Waals surface area (Å²) in [6.07, 6.45) is -0.0302. The predicted octanol–water partition coefficient (Wildman–Crippen LogP) is 1.13. The molecular weight excluding hydrogens is 297 g/mol. The molecule has 118 valence electrons. The summed E-state index contributed by atoms with van der Waals surface area (Å²) in [5.74, 6) is -0.281. The largest absolute Gasteiger partial charge is 0.486 e. The Morgan fingerprint density at radius 3 is 2.86 bits per heavy atom. The first-order valence-electron chi connectivity index (χ1n) is 6.85. The van der Waals surface area contributed by atoms with Crippen molar-refractivity contribution in [2.45, 2.75) is 19.1 Å². The summed E-state index contributed by atoms with van der Waals surface area (Å²) in [5, 5.41) is 3.12. The Bertz CT molecular complexity index is 576. The molecule has 0 saturated carbocycles. The molecule has 1 aromatic carbocycles. The van der Waals surface area contributed by atoms with Gasteiger partial charge in [0.15, 0.2) is 21.4 Å². The highest BCUT2D eigenvalue weighted by Crippen LogP contribution is 2.23. The fourth-order valence-electron chi connectivity index (χ4n) is 2.19. The highest BCUT2D eigenvalue weighted by molar-refractivity contribution is 7.91. The van der Waals surface area contributed by atoms with E-state index in [9.17, 15) is 12.8 Å². The summed E-state index contributed by atoms with van der Waals surface area (Å²) < 4.78 is 47.0. The first kappa shape index (κ1) is 16.2. The number of benzene rings is 1. The van der Waals surface area contributed by atoms with Gasteiger partial charge < -0.3 is 14.8 Å². The lowest BCUT2D eigenvalue weighted by molar-refractivity contribution is 0.199. The van der Waals surface area contributed by atoms with Gasteiger partial charge in [0.2, 0.25) is 0 Å². The van der Waals surface area contributed by atoms with Crippen LogP contribution in [0.15, 0.2) is 18.2 Å². The zero-order chi connectivity index (χ0) is 15.3. The number of rotatable bonds is 7. The molecule has 1 N–H and O–H groups in total. The molecule has 5 nitrogen and oxygen atoms in total. The van der Waals surface area contributed by atoms with E-state index in [1.807, 2.05) is 0 Å². The average Bonchev–Trinajstić information content (AvgIpc) is 2.77. The monoisotopic (exact) mass is 317 g/mol. The quantitative estimate of drug-likeness (QED) is 0.764. The molecular formula is C14H20FNO4S. The average molecular weight is 317 g/mol. The normalized spacial score (nSPS) is 20.6. The van der Waals surface area contributed by atoms with E-state index in [-0.39, 0.29) is 17.3 Å². The smallest absolute Gasteiger partial charge is 0.165 e. The van der Waals surface area contributed by atoms with Gasteiger partial charge in [-0.3, -0.25) is 0 Å². The van der Waals surface area contributed by atoms with Gasteiger partial charge in [0.25, 0.3) is 0 Å². The lowest BCUT2D eigenvalue weighted by Crippen LogP contribution is -2.19. The van der Waals surface area contributed by atoms with Crippen LogP contribution in [0.5, 0.6) is 5.75 Å². The zero-order valence-electron chi connectivity index (χ0n) is 12.0. The number of sulfone groups is 1. The number of methoxy groups -OCH3 is 1. The topological polar surface area (TPSA) is 64.6 Å². The van der Waals surface area contributed by atoms with Crippen LogP contribution in [0.25, 0.3) is 0 Å². The van der Waals surface area contributed by atoms with E-state index in [4.69, 9.17) is 9.47 Å². The minimum atomic E-state index is -3.02. The number of ether oxygens (including phenoxy) is 2. The Hall–Kier alpha value is -1.18. The van der Waals surface area contributed by atoms with Gasteiger partial charge in [-0.15, -0.1) is 0 Å². The van der Waals surface area contributed by atoms with Gasteiger partial charge in [0.05, 0.1) is 18.1 Å². The molecule has 1 heterocycles. The van der Waals surface area contributed by atoms with Crippen LogP contribution in [0.3, 0.4) is 0 Å². The zero-order valence-corrected chi connectivity index (χ0v) is 12.8. The number of nitrogens with one attached hydrogen (secondary N) is 1. The molecule has 0 bridgehead atoms. The second-order valence-corrected chi connectivity index (χ2v) is 7.31. The molecule has 1 unspecified atom stereocenters. The molecule has 2 rings (SSSR count). The maximum atomic E-state index is 13.9. The first-order valence-corrected chi connectivity index (χ1v) is 8.67. The standard InChI is InChI=1S/C14H20FNO4S/c1-19-6-5-16-9-11-2-3-14(13(15)8-11)20-12-4-7-21(17,18)10-12/h2-3,8,12,16H,4-7,9-10H2,1H3. The van der Waals surface area contributed by atoms with Crippen LogP contribution < -0.4 is 10.1 Å². The van der Waals surface area contributed by atoms with Crippen LogP contribution in [0.2, 0.25) is 0 Å². The van der Waals surface area contributed by atoms with Crippen molar-refractivity contribution < 1.29 is 22.3 Å². The Kier molecular flexibility index (Phi) is 5.55. The van der Waals surface area contributed by atoms with Gasteiger partial charge in [-0.2, -0.15) is 0 Å². The van der Waals surface area contributed by atoms with E-state index in [0.29, 0.717) is 26.1 Å². The molecule has 1 atom stereocenters. The molecule has 7 heteroatoms. The van der Waals surface area contributed by atoms with Crippen molar-refractivity contribution in [3.63, 3.8) is 0 Å². The fraction of sp³-hybridized carbons (Fsp3) is 0.571. The Balaban J connectivity index is 1.90. The molecule has 0 aromatic heterocycles. The minimum Gasteiger partial charge on any atom is -0.486 e. The molecule has 1 aliphatic heterocycles. The first-order chi connectivity index (χ1) is 10.00. The summed E-state index contributed by atoms with van der Waals surface area (Å²) in [6, 6.07) is 4.72. The lowest BCUT2D eigenvalue weighted by Gasteiger charge is -2.13. The van der Waals surface area contributed by atoms with Crippen molar-refractivity contribution >= 4 is 9.84 Å². The van der Waals surface area contributed by atoms with Crippen LogP contribution in [0.4, 0.5) is 4.39 Å².